The van der Waals surface area contributed by atoms with Crippen LogP contribution in [0.3, 0.4) is 0 Å². The van der Waals surface area contributed by atoms with Gasteiger partial charge in [-0.1, -0.05) is 29.3 Å². The van der Waals surface area contributed by atoms with Gasteiger partial charge in [0.1, 0.15) is 0 Å². The van der Waals surface area contributed by atoms with Gasteiger partial charge >= 0.3 is 0 Å². The molecule has 2 nitrogen and oxygen atoms in total. The Morgan fingerprint density at radius 1 is 1.29 bits per heavy atom. The molecule has 0 saturated carbocycles. The lowest BCUT2D eigenvalue weighted by Gasteiger charge is -2.19. The minimum Gasteiger partial charge on any atom is -0.341 e. The third kappa shape index (κ3) is 4.38. The Kier molecular flexibility index (Phi) is 6.10. The lowest BCUT2D eigenvalue weighted by atomic mass is 10.1. The van der Waals surface area contributed by atoms with Crippen LogP contribution in [0.2, 0.25) is 10.0 Å². The van der Waals surface area contributed by atoms with Crippen molar-refractivity contribution in [2.75, 3.05) is 19.0 Å². The number of halogens is 3. The Labute approximate surface area is 116 Å². The van der Waals surface area contributed by atoms with Gasteiger partial charge in [-0.2, -0.15) is 0 Å². The van der Waals surface area contributed by atoms with Crippen LogP contribution in [0.25, 0.3) is 0 Å². The van der Waals surface area contributed by atoms with Gasteiger partial charge in [0.15, 0.2) is 0 Å². The molecule has 5 heteroatoms. The van der Waals surface area contributed by atoms with E-state index in [1.165, 1.54) is 0 Å². The van der Waals surface area contributed by atoms with Crippen molar-refractivity contribution in [3.05, 3.63) is 33.8 Å². The summed E-state index contributed by atoms with van der Waals surface area (Å²) in [5, 5.41) is 0.966. The summed E-state index contributed by atoms with van der Waals surface area (Å²) in [6, 6.07) is 5.22. The predicted molar refractivity (Wildman–Crippen MR) is 73.1 cm³/mol. The fourth-order valence-corrected chi connectivity index (χ4v) is 2.02. The van der Waals surface area contributed by atoms with Crippen LogP contribution in [0.15, 0.2) is 18.2 Å². The molecular formula is C12H14Cl3NO. The van der Waals surface area contributed by atoms with Crippen LogP contribution in [-0.4, -0.2) is 29.8 Å². The number of carbonyl (C=O) groups is 1. The largest absolute Gasteiger partial charge is 0.341 e. The second-order valence-electron chi connectivity index (χ2n) is 3.59. The average Bonchev–Trinajstić information content (AvgIpc) is 2.30. The van der Waals surface area contributed by atoms with Crippen LogP contribution in [0.5, 0.6) is 0 Å². The van der Waals surface area contributed by atoms with Gasteiger partial charge in [-0.15, -0.1) is 11.6 Å². The Balaban J connectivity index is 2.69. The van der Waals surface area contributed by atoms with E-state index in [4.69, 9.17) is 34.8 Å². The Bertz CT molecular complexity index is 395. The average molecular weight is 295 g/mol. The molecule has 0 saturated heterocycles. The zero-order chi connectivity index (χ0) is 12.8. The molecule has 0 atom stereocenters. The van der Waals surface area contributed by atoms with E-state index >= 15 is 0 Å². The molecule has 0 radical (unpaired) electrons. The maximum Gasteiger partial charge on any atom is 0.227 e. The van der Waals surface area contributed by atoms with Crippen LogP contribution in [0.4, 0.5) is 0 Å². The molecule has 0 bridgehead atoms. The van der Waals surface area contributed by atoms with Gasteiger partial charge in [0, 0.05) is 19.0 Å². The summed E-state index contributed by atoms with van der Waals surface area (Å²) >= 11 is 17.3. The van der Waals surface area contributed by atoms with Crippen LogP contribution in [0, 0.1) is 0 Å². The highest BCUT2D eigenvalue weighted by molar-refractivity contribution is 6.42. The molecule has 0 heterocycles. The number of nitrogens with zero attached hydrogens (tertiary/aromatic N) is 1. The zero-order valence-corrected chi connectivity index (χ0v) is 11.8. The van der Waals surface area contributed by atoms with Crippen LogP contribution in [-0.2, 0) is 11.2 Å². The number of carbonyl (C=O) groups excluding carboxylic acids is 1. The standard InChI is InChI=1S/C12H14Cl3NO/c1-2-16(6-5-13)12(17)8-9-3-4-10(14)11(15)7-9/h3-4,7H,2,5-6,8H2,1H3. The molecular weight excluding hydrogens is 280 g/mol. The van der Waals surface area contributed by atoms with E-state index in [0.717, 1.165) is 5.56 Å². The molecule has 0 spiro atoms. The van der Waals surface area contributed by atoms with Crippen molar-refractivity contribution in [3.8, 4) is 0 Å². The van der Waals surface area contributed by atoms with E-state index in [2.05, 4.69) is 0 Å². The fourth-order valence-electron chi connectivity index (χ4n) is 1.50. The van der Waals surface area contributed by atoms with E-state index in [1.807, 2.05) is 6.92 Å². The van der Waals surface area contributed by atoms with Gasteiger partial charge in [-0.05, 0) is 24.6 Å². The molecule has 1 amide bonds. The van der Waals surface area contributed by atoms with Crippen molar-refractivity contribution in [2.24, 2.45) is 0 Å². The van der Waals surface area contributed by atoms with Crippen LogP contribution >= 0.6 is 34.8 Å². The molecule has 1 aromatic carbocycles. The smallest absolute Gasteiger partial charge is 0.227 e. The van der Waals surface area contributed by atoms with Gasteiger partial charge in [-0.3, -0.25) is 4.79 Å². The van der Waals surface area contributed by atoms with Crippen molar-refractivity contribution >= 4 is 40.7 Å². The molecule has 1 rings (SSSR count). The number of rotatable bonds is 5. The lowest BCUT2D eigenvalue weighted by molar-refractivity contribution is -0.130. The number of hydrogen-bond acceptors (Lipinski definition) is 1. The molecule has 0 N–H and O–H groups in total. The molecule has 0 aliphatic heterocycles. The summed E-state index contributed by atoms with van der Waals surface area (Å²) in [6.07, 6.45) is 0.321. The fraction of sp³-hybridized carbons (Fsp3) is 0.417. The van der Waals surface area contributed by atoms with Gasteiger partial charge < -0.3 is 4.90 Å². The van der Waals surface area contributed by atoms with Crippen molar-refractivity contribution in [3.63, 3.8) is 0 Å². The van der Waals surface area contributed by atoms with Gasteiger partial charge in [-0.25, -0.2) is 0 Å². The summed E-state index contributed by atoms with van der Waals surface area (Å²) in [5.41, 5.74) is 0.859. The summed E-state index contributed by atoms with van der Waals surface area (Å²) in [4.78, 5) is 13.6. The van der Waals surface area contributed by atoms with Crippen molar-refractivity contribution in [1.29, 1.82) is 0 Å². The Hall–Kier alpha value is -0.440. The number of likely N-dealkylation sites (N-methyl/N-ethyl adjacent to an activating group) is 1. The topological polar surface area (TPSA) is 20.3 Å². The number of amides is 1. The quantitative estimate of drug-likeness (QED) is 0.760. The normalized spacial score (nSPS) is 10.4. The zero-order valence-electron chi connectivity index (χ0n) is 9.55. The number of hydrogen-bond donors (Lipinski definition) is 0. The van der Waals surface area contributed by atoms with Crippen molar-refractivity contribution in [2.45, 2.75) is 13.3 Å². The van der Waals surface area contributed by atoms with E-state index in [1.54, 1.807) is 23.1 Å². The SMILES string of the molecule is CCN(CCCl)C(=O)Cc1ccc(Cl)c(Cl)c1. The first-order valence-corrected chi connectivity index (χ1v) is 6.65. The molecule has 17 heavy (non-hydrogen) atoms. The molecule has 94 valence electrons. The third-order valence-electron chi connectivity index (χ3n) is 2.43. The maximum atomic E-state index is 11.9. The van der Waals surface area contributed by atoms with Crippen molar-refractivity contribution < 1.29 is 4.79 Å². The summed E-state index contributed by atoms with van der Waals surface area (Å²) < 4.78 is 0. The molecule has 0 aromatic heterocycles. The predicted octanol–water partition coefficient (Wildman–Crippen LogP) is 3.62. The highest BCUT2D eigenvalue weighted by Gasteiger charge is 2.12. The number of benzene rings is 1. The van der Waals surface area contributed by atoms with Crippen LogP contribution < -0.4 is 0 Å². The minimum atomic E-state index is 0.0477. The Morgan fingerprint density at radius 2 is 2.00 bits per heavy atom. The molecule has 1 aromatic rings. The first kappa shape index (κ1) is 14.6. The van der Waals surface area contributed by atoms with Gasteiger partial charge in [0.05, 0.1) is 16.5 Å². The third-order valence-corrected chi connectivity index (χ3v) is 3.34. The highest BCUT2D eigenvalue weighted by atomic mass is 35.5. The van der Waals surface area contributed by atoms with E-state index in [0.29, 0.717) is 35.4 Å². The van der Waals surface area contributed by atoms with E-state index < -0.39 is 0 Å². The molecule has 0 fully saturated rings. The molecule has 0 unspecified atom stereocenters. The summed E-state index contributed by atoms with van der Waals surface area (Å²) in [5.74, 6) is 0.493. The minimum absolute atomic E-state index is 0.0477. The maximum absolute atomic E-state index is 11.9. The second kappa shape index (κ2) is 7.10. The monoisotopic (exact) mass is 293 g/mol. The van der Waals surface area contributed by atoms with Gasteiger partial charge in [0.25, 0.3) is 0 Å². The first-order chi connectivity index (χ1) is 8.08. The Morgan fingerprint density at radius 3 is 2.53 bits per heavy atom. The summed E-state index contributed by atoms with van der Waals surface area (Å²) in [6.45, 7) is 3.16. The lowest BCUT2D eigenvalue weighted by Crippen LogP contribution is -2.33. The van der Waals surface area contributed by atoms with Gasteiger partial charge in [0.2, 0.25) is 5.91 Å². The summed E-state index contributed by atoms with van der Waals surface area (Å²) in [7, 11) is 0. The van der Waals surface area contributed by atoms with Crippen LogP contribution in [0.1, 0.15) is 12.5 Å². The number of alkyl halides is 1. The van der Waals surface area contributed by atoms with E-state index in [9.17, 15) is 4.79 Å². The molecule has 0 aliphatic rings. The van der Waals surface area contributed by atoms with E-state index in [-0.39, 0.29) is 5.91 Å². The molecule has 0 aliphatic carbocycles. The van der Waals surface area contributed by atoms with Crippen molar-refractivity contribution in [1.82, 2.24) is 4.90 Å². The highest BCUT2D eigenvalue weighted by Crippen LogP contribution is 2.22. The first-order valence-electron chi connectivity index (χ1n) is 5.36. The second-order valence-corrected chi connectivity index (χ2v) is 4.78.